The number of hydrogen-bond donors (Lipinski definition) is 1. The van der Waals surface area contributed by atoms with Crippen LogP contribution in [0.1, 0.15) is 12.8 Å². The lowest BCUT2D eigenvalue weighted by Crippen LogP contribution is -2.52. The topological polar surface area (TPSA) is 83.6 Å². The first-order valence-corrected chi connectivity index (χ1v) is 7.72. The van der Waals surface area contributed by atoms with Crippen LogP contribution in [0.2, 0.25) is 5.02 Å². The number of hydrogen-bond acceptors (Lipinski definition) is 4. The average molecular weight is 317 g/mol. The van der Waals surface area contributed by atoms with Crippen LogP contribution in [0.3, 0.4) is 0 Å². The Labute approximate surface area is 121 Å². The molecular weight excluding hydrogens is 304 g/mol. The lowest BCUT2D eigenvalue weighted by Gasteiger charge is -2.29. The number of amides is 2. The minimum atomic E-state index is -3.89. The van der Waals surface area contributed by atoms with E-state index in [1.165, 1.54) is 19.2 Å². The highest BCUT2D eigenvalue weighted by atomic mass is 35.5. The molecule has 1 atom stereocenters. The number of imide groups is 1. The van der Waals surface area contributed by atoms with Gasteiger partial charge in [-0.15, -0.1) is 0 Å². The molecule has 8 heteroatoms. The molecule has 1 aliphatic heterocycles. The lowest BCUT2D eigenvalue weighted by atomic mass is 10.1. The van der Waals surface area contributed by atoms with Crippen LogP contribution in [0, 0.1) is 0 Å². The van der Waals surface area contributed by atoms with E-state index in [9.17, 15) is 18.0 Å². The maximum Gasteiger partial charge on any atom is 0.245 e. The summed E-state index contributed by atoms with van der Waals surface area (Å²) in [7, 11) is -2.59. The fraction of sp³-hybridized carbons (Fsp3) is 0.333. The minimum Gasteiger partial charge on any atom is -0.295 e. The quantitative estimate of drug-likeness (QED) is 0.835. The molecule has 1 unspecified atom stereocenters. The van der Waals surface area contributed by atoms with Crippen molar-refractivity contribution in [2.75, 3.05) is 7.05 Å². The summed E-state index contributed by atoms with van der Waals surface area (Å²) in [6.07, 6.45) is 0.267. The summed E-state index contributed by atoms with van der Waals surface area (Å²) in [5, 5.41) is 2.22. The number of benzene rings is 1. The van der Waals surface area contributed by atoms with Gasteiger partial charge in [-0.05, 0) is 18.6 Å². The van der Waals surface area contributed by atoms with Gasteiger partial charge in [0.05, 0.1) is 5.02 Å². The molecular formula is C12H13ClN2O4S. The van der Waals surface area contributed by atoms with Crippen LogP contribution in [0.25, 0.3) is 0 Å². The van der Waals surface area contributed by atoms with Crippen molar-refractivity contribution in [3.05, 3.63) is 29.3 Å². The van der Waals surface area contributed by atoms with E-state index in [4.69, 9.17) is 11.6 Å². The number of rotatable bonds is 3. The number of sulfonamides is 1. The Morgan fingerprint density at radius 3 is 2.55 bits per heavy atom. The van der Waals surface area contributed by atoms with E-state index in [0.717, 1.165) is 4.31 Å². The van der Waals surface area contributed by atoms with Crippen LogP contribution in [0.15, 0.2) is 29.2 Å². The van der Waals surface area contributed by atoms with Gasteiger partial charge in [0.15, 0.2) is 0 Å². The maximum absolute atomic E-state index is 12.5. The number of carbonyl (C=O) groups is 2. The zero-order valence-corrected chi connectivity index (χ0v) is 12.2. The van der Waals surface area contributed by atoms with Crippen LogP contribution < -0.4 is 5.32 Å². The highest BCUT2D eigenvalue weighted by molar-refractivity contribution is 7.89. The molecule has 108 valence electrons. The molecule has 6 nitrogen and oxygen atoms in total. The molecule has 2 amide bonds. The summed E-state index contributed by atoms with van der Waals surface area (Å²) < 4.78 is 25.9. The molecule has 1 N–H and O–H groups in total. The summed E-state index contributed by atoms with van der Waals surface area (Å²) in [6.45, 7) is 0. The van der Waals surface area contributed by atoms with Gasteiger partial charge >= 0.3 is 0 Å². The first-order valence-electron chi connectivity index (χ1n) is 5.90. The number of nitrogens with one attached hydrogen (secondary N) is 1. The summed E-state index contributed by atoms with van der Waals surface area (Å²) in [5.41, 5.74) is 0. The van der Waals surface area contributed by atoms with Crippen molar-refractivity contribution in [2.45, 2.75) is 23.8 Å². The van der Waals surface area contributed by atoms with Gasteiger partial charge in [-0.25, -0.2) is 8.42 Å². The lowest BCUT2D eigenvalue weighted by molar-refractivity contribution is -0.135. The summed E-state index contributed by atoms with van der Waals surface area (Å²) >= 11 is 5.89. The normalized spacial score (nSPS) is 20.1. The van der Waals surface area contributed by atoms with Crippen LogP contribution in [0.5, 0.6) is 0 Å². The molecule has 1 aliphatic rings. The van der Waals surface area contributed by atoms with Crippen molar-refractivity contribution in [1.29, 1.82) is 0 Å². The van der Waals surface area contributed by atoms with Gasteiger partial charge in [-0.1, -0.05) is 23.7 Å². The Hall–Kier alpha value is -1.44. The monoisotopic (exact) mass is 316 g/mol. The first kappa shape index (κ1) is 15.0. The second-order valence-corrected chi connectivity index (χ2v) is 6.79. The second kappa shape index (κ2) is 5.51. The molecule has 0 aromatic heterocycles. The molecule has 0 bridgehead atoms. The fourth-order valence-electron chi connectivity index (χ4n) is 2.01. The summed E-state index contributed by atoms with van der Waals surface area (Å²) in [5.74, 6) is -1.01. The third-order valence-electron chi connectivity index (χ3n) is 3.14. The van der Waals surface area contributed by atoms with Gasteiger partial charge in [0.1, 0.15) is 10.9 Å². The standard InChI is InChI=1S/C12H13ClN2O4S/c1-15(9-6-7-11(16)14-12(9)17)20(18,19)10-5-3-2-4-8(10)13/h2-5,9H,6-7H2,1H3,(H,14,16,17). The van der Waals surface area contributed by atoms with Crippen LogP contribution in [0.4, 0.5) is 0 Å². The fourth-order valence-corrected chi connectivity index (χ4v) is 3.85. The zero-order valence-electron chi connectivity index (χ0n) is 10.7. The Morgan fingerprint density at radius 1 is 1.30 bits per heavy atom. The predicted molar refractivity (Wildman–Crippen MR) is 72.6 cm³/mol. The zero-order chi connectivity index (χ0) is 14.9. The van der Waals surface area contributed by atoms with Crippen molar-refractivity contribution in [3.8, 4) is 0 Å². The van der Waals surface area contributed by atoms with Crippen molar-refractivity contribution in [2.24, 2.45) is 0 Å². The Morgan fingerprint density at radius 2 is 1.95 bits per heavy atom. The second-order valence-electron chi connectivity index (χ2n) is 4.42. The van der Waals surface area contributed by atoms with E-state index < -0.39 is 27.9 Å². The van der Waals surface area contributed by atoms with Crippen LogP contribution >= 0.6 is 11.6 Å². The molecule has 1 saturated heterocycles. The average Bonchev–Trinajstić information content (AvgIpc) is 2.38. The molecule has 2 rings (SSSR count). The number of nitrogens with zero attached hydrogens (tertiary/aromatic N) is 1. The summed E-state index contributed by atoms with van der Waals surface area (Å²) in [6, 6.07) is 5.10. The number of halogens is 1. The van der Waals surface area contributed by atoms with Crippen molar-refractivity contribution < 1.29 is 18.0 Å². The molecule has 20 heavy (non-hydrogen) atoms. The molecule has 1 aromatic carbocycles. The molecule has 0 radical (unpaired) electrons. The van der Waals surface area contributed by atoms with Crippen molar-refractivity contribution >= 4 is 33.4 Å². The van der Waals surface area contributed by atoms with E-state index in [1.54, 1.807) is 12.1 Å². The van der Waals surface area contributed by atoms with Gasteiger partial charge in [0.25, 0.3) is 0 Å². The molecule has 0 saturated carbocycles. The molecule has 1 fully saturated rings. The van der Waals surface area contributed by atoms with E-state index in [-0.39, 0.29) is 22.8 Å². The minimum absolute atomic E-state index is 0.0612. The molecule has 1 heterocycles. The van der Waals surface area contributed by atoms with E-state index in [0.29, 0.717) is 0 Å². The third kappa shape index (κ3) is 2.70. The smallest absolute Gasteiger partial charge is 0.245 e. The van der Waals surface area contributed by atoms with Gasteiger partial charge < -0.3 is 0 Å². The summed E-state index contributed by atoms with van der Waals surface area (Å²) in [4.78, 5) is 22.8. The van der Waals surface area contributed by atoms with Crippen LogP contribution in [-0.4, -0.2) is 37.6 Å². The molecule has 0 aliphatic carbocycles. The van der Waals surface area contributed by atoms with E-state index >= 15 is 0 Å². The van der Waals surface area contributed by atoms with Gasteiger partial charge in [-0.2, -0.15) is 4.31 Å². The van der Waals surface area contributed by atoms with E-state index in [1.807, 2.05) is 0 Å². The number of carbonyl (C=O) groups excluding carboxylic acids is 2. The maximum atomic E-state index is 12.5. The highest BCUT2D eigenvalue weighted by Crippen LogP contribution is 2.26. The van der Waals surface area contributed by atoms with Gasteiger partial charge in [-0.3, -0.25) is 14.9 Å². The Bertz CT molecular complexity index is 659. The highest BCUT2D eigenvalue weighted by Gasteiger charge is 2.37. The van der Waals surface area contributed by atoms with Gasteiger partial charge in [0, 0.05) is 13.5 Å². The predicted octanol–water partition coefficient (Wildman–Crippen LogP) is 0.766. The first-order chi connectivity index (χ1) is 9.34. The number of likely N-dealkylation sites (N-methyl/N-ethyl adjacent to an activating group) is 1. The third-order valence-corrected chi connectivity index (χ3v) is 5.51. The molecule has 1 aromatic rings. The van der Waals surface area contributed by atoms with Gasteiger partial charge in [0.2, 0.25) is 21.8 Å². The van der Waals surface area contributed by atoms with E-state index in [2.05, 4.69) is 5.32 Å². The SMILES string of the molecule is CN(C1CCC(=O)NC1=O)S(=O)(=O)c1ccccc1Cl. The molecule has 0 spiro atoms. The van der Waals surface area contributed by atoms with Crippen LogP contribution in [-0.2, 0) is 19.6 Å². The number of piperidine rings is 1. The largest absolute Gasteiger partial charge is 0.295 e. The Balaban J connectivity index is 2.33. The Kier molecular flexibility index (Phi) is 4.12. The van der Waals surface area contributed by atoms with Crippen molar-refractivity contribution in [1.82, 2.24) is 9.62 Å². The van der Waals surface area contributed by atoms with Crippen molar-refractivity contribution in [3.63, 3.8) is 0 Å².